The molecule has 0 atom stereocenters. The normalized spacial score (nSPS) is 12.9. The average molecular weight is 164 g/mol. The minimum absolute atomic E-state index is 0.202. The molecule has 0 amide bonds. The molecule has 0 spiro atoms. The molecule has 3 heteroatoms. The van der Waals surface area contributed by atoms with Gasteiger partial charge in [0.05, 0.1) is 0 Å². The van der Waals surface area contributed by atoms with Crippen LogP contribution < -0.4 is 5.32 Å². The van der Waals surface area contributed by atoms with Gasteiger partial charge in [0.15, 0.2) is 0 Å². The second kappa shape index (κ2) is 6.78. The lowest BCUT2D eigenvalue weighted by atomic mass is 10.5. The van der Waals surface area contributed by atoms with Crippen LogP contribution in [0.5, 0.6) is 0 Å². The van der Waals surface area contributed by atoms with Crippen molar-refractivity contribution in [3.8, 4) is 0 Å². The van der Waals surface area contributed by atoms with E-state index < -0.39 is 0 Å². The lowest BCUT2D eigenvalue weighted by Crippen LogP contribution is -2.15. The molecule has 0 aliphatic rings. The van der Waals surface area contributed by atoms with E-state index in [4.69, 9.17) is 11.6 Å². The fraction of sp³-hybridized carbons (Fsp3) is 0.429. The SMILES string of the molecule is C/C=C\CNC/C(F)=C/Cl. The summed E-state index contributed by atoms with van der Waals surface area (Å²) < 4.78 is 12.2. The van der Waals surface area contributed by atoms with E-state index in [0.29, 0.717) is 6.54 Å². The summed E-state index contributed by atoms with van der Waals surface area (Å²) in [6.07, 6.45) is 3.80. The van der Waals surface area contributed by atoms with Gasteiger partial charge in [0.25, 0.3) is 0 Å². The Labute approximate surface area is 65.6 Å². The van der Waals surface area contributed by atoms with E-state index in [1.807, 2.05) is 19.1 Å². The van der Waals surface area contributed by atoms with Crippen LogP contribution >= 0.6 is 11.6 Å². The zero-order valence-corrected chi connectivity index (χ0v) is 6.66. The van der Waals surface area contributed by atoms with Crippen molar-refractivity contribution in [3.05, 3.63) is 23.5 Å². The summed E-state index contributed by atoms with van der Waals surface area (Å²) in [6.45, 7) is 2.79. The van der Waals surface area contributed by atoms with Crippen LogP contribution in [0.25, 0.3) is 0 Å². The van der Waals surface area contributed by atoms with E-state index >= 15 is 0 Å². The smallest absolute Gasteiger partial charge is 0.125 e. The highest BCUT2D eigenvalue weighted by molar-refractivity contribution is 6.25. The Kier molecular flexibility index (Phi) is 6.55. The Hall–Kier alpha value is -0.340. The van der Waals surface area contributed by atoms with Crippen molar-refractivity contribution in [1.29, 1.82) is 0 Å². The molecule has 0 bridgehead atoms. The monoisotopic (exact) mass is 163 g/mol. The molecule has 0 aliphatic carbocycles. The minimum atomic E-state index is -0.342. The van der Waals surface area contributed by atoms with Crippen LogP contribution in [0.3, 0.4) is 0 Å². The Morgan fingerprint density at radius 2 is 2.40 bits per heavy atom. The molecule has 58 valence electrons. The van der Waals surface area contributed by atoms with Crippen molar-refractivity contribution < 1.29 is 4.39 Å². The van der Waals surface area contributed by atoms with Crippen LogP contribution in [-0.2, 0) is 0 Å². The second-order valence-corrected chi connectivity index (χ2v) is 1.97. The van der Waals surface area contributed by atoms with Crippen molar-refractivity contribution in [1.82, 2.24) is 5.32 Å². The Balaban J connectivity index is 3.20. The number of allylic oxidation sites excluding steroid dienone is 1. The molecule has 1 nitrogen and oxygen atoms in total. The van der Waals surface area contributed by atoms with Gasteiger partial charge in [-0.05, 0) is 6.92 Å². The van der Waals surface area contributed by atoms with Crippen LogP contribution in [0.4, 0.5) is 4.39 Å². The van der Waals surface area contributed by atoms with E-state index in [1.54, 1.807) is 0 Å². The number of hydrogen-bond donors (Lipinski definition) is 1. The molecule has 0 aromatic rings. The molecule has 0 heterocycles. The highest BCUT2D eigenvalue weighted by Gasteiger charge is 1.88. The Bertz CT molecular complexity index is 132. The topological polar surface area (TPSA) is 12.0 Å². The fourth-order valence-electron chi connectivity index (χ4n) is 0.431. The summed E-state index contributed by atoms with van der Waals surface area (Å²) in [5.74, 6) is -0.342. The zero-order chi connectivity index (χ0) is 7.82. The predicted molar refractivity (Wildman–Crippen MR) is 42.7 cm³/mol. The van der Waals surface area contributed by atoms with E-state index in [-0.39, 0.29) is 12.4 Å². The van der Waals surface area contributed by atoms with Crippen LogP contribution in [0.2, 0.25) is 0 Å². The quantitative estimate of drug-likeness (QED) is 0.495. The maximum absolute atomic E-state index is 12.2. The van der Waals surface area contributed by atoms with Gasteiger partial charge in [-0.2, -0.15) is 0 Å². The highest BCUT2D eigenvalue weighted by atomic mass is 35.5. The van der Waals surface area contributed by atoms with Gasteiger partial charge in [0.1, 0.15) is 5.83 Å². The largest absolute Gasteiger partial charge is 0.307 e. The molecule has 0 saturated heterocycles. The molecular weight excluding hydrogens is 153 g/mol. The molecule has 0 unspecified atom stereocenters. The van der Waals surface area contributed by atoms with Crippen LogP contribution in [-0.4, -0.2) is 13.1 Å². The second-order valence-electron chi connectivity index (χ2n) is 1.76. The lowest BCUT2D eigenvalue weighted by molar-refractivity contribution is 0.586. The van der Waals surface area contributed by atoms with Crippen molar-refractivity contribution >= 4 is 11.6 Å². The van der Waals surface area contributed by atoms with Gasteiger partial charge in [0, 0.05) is 18.6 Å². The Morgan fingerprint density at radius 1 is 1.70 bits per heavy atom. The summed E-state index contributed by atoms with van der Waals surface area (Å²) in [7, 11) is 0. The maximum Gasteiger partial charge on any atom is 0.125 e. The summed E-state index contributed by atoms with van der Waals surface area (Å²) in [4.78, 5) is 0. The van der Waals surface area contributed by atoms with Gasteiger partial charge in [-0.25, -0.2) is 4.39 Å². The molecule has 0 aliphatic heterocycles. The van der Waals surface area contributed by atoms with E-state index in [2.05, 4.69) is 5.32 Å². The Morgan fingerprint density at radius 3 is 2.90 bits per heavy atom. The van der Waals surface area contributed by atoms with E-state index in [1.165, 1.54) is 0 Å². The van der Waals surface area contributed by atoms with Gasteiger partial charge in [-0.3, -0.25) is 0 Å². The van der Waals surface area contributed by atoms with Crippen LogP contribution in [0.15, 0.2) is 23.5 Å². The molecule has 0 radical (unpaired) electrons. The number of halogens is 2. The third-order valence-electron chi connectivity index (χ3n) is 0.910. The van der Waals surface area contributed by atoms with Gasteiger partial charge in [-0.1, -0.05) is 23.8 Å². The molecule has 0 fully saturated rings. The molecular formula is C7H11ClFN. The van der Waals surface area contributed by atoms with Crippen molar-refractivity contribution in [2.24, 2.45) is 0 Å². The summed E-state index contributed by atoms with van der Waals surface area (Å²) in [6, 6.07) is 0. The zero-order valence-electron chi connectivity index (χ0n) is 5.90. The van der Waals surface area contributed by atoms with Gasteiger partial charge in [0.2, 0.25) is 0 Å². The third kappa shape index (κ3) is 5.79. The first-order chi connectivity index (χ1) is 4.81. The van der Waals surface area contributed by atoms with Gasteiger partial charge >= 0.3 is 0 Å². The first-order valence-electron chi connectivity index (χ1n) is 3.08. The summed E-state index contributed by atoms with van der Waals surface area (Å²) in [5, 5.41) is 2.82. The molecule has 1 N–H and O–H groups in total. The predicted octanol–water partition coefficient (Wildman–Crippen LogP) is 2.20. The maximum atomic E-state index is 12.2. The molecule has 0 aromatic heterocycles. The van der Waals surface area contributed by atoms with E-state index in [0.717, 1.165) is 5.54 Å². The van der Waals surface area contributed by atoms with Crippen molar-refractivity contribution in [3.63, 3.8) is 0 Å². The molecule has 0 saturated carbocycles. The first kappa shape index (κ1) is 9.66. The molecule has 10 heavy (non-hydrogen) atoms. The summed E-state index contributed by atoms with van der Waals surface area (Å²) in [5.41, 5.74) is 0.933. The lowest BCUT2D eigenvalue weighted by Gasteiger charge is -1.95. The number of hydrogen-bond acceptors (Lipinski definition) is 1. The minimum Gasteiger partial charge on any atom is -0.307 e. The highest BCUT2D eigenvalue weighted by Crippen LogP contribution is 1.94. The first-order valence-corrected chi connectivity index (χ1v) is 3.51. The summed E-state index contributed by atoms with van der Waals surface area (Å²) >= 11 is 5.07. The van der Waals surface area contributed by atoms with Gasteiger partial charge in [-0.15, -0.1) is 0 Å². The number of nitrogens with one attached hydrogen (secondary N) is 1. The fourth-order valence-corrected chi connectivity index (χ4v) is 0.508. The standard InChI is InChI=1S/C7H11ClFN/c1-2-3-4-10-6-7(9)5-8/h2-3,5,10H,4,6H2,1H3/b3-2-,7-5-. The number of rotatable bonds is 4. The van der Waals surface area contributed by atoms with Gasteiger partial charge < -0.3 is 5.32 Å². The van der Waals surface area contributed by atoms with E-state index in [9.17, 15) is 4.39 Å². The molecule has 0 rings (SSSR count). The third-order valence-corrected chi connectivity index (χ3v) is 1.15. The average Bonchev–Trinajstić information content (AvgIpc) is 1.98. The van der Waals surface area contributed by atoms with Crippen LogP contribution in [0.1, 0.15) is 6.92 Å². The molecule has 0 aromatic carbocycles. The van der Waals surface area contributed by atoms with Crippen molar-refractivity contribution in [2.75, 3.05) is 13.1 Å². The van der Waals surface area contributed by atoms with Crippen molar-refractivity contribution in [2.45, 2.75) is 6.92 Å². The van der Waals surface area contributed by atoms with Crippen LogP contribution in [0, 0.1) is 0 Å².